The molecular weight excluding hydrogens is 328 g/mol. The molecule has 1 aromatic heterocycles. The molecule has 0 saturated carbocycles. The second-order valence-electron chi connectivity index (χ2n) is 6.10. The fourth-order valence-electron chi connectivity index (χ4n) is 2.86. The summed E-state index contributed by atoms with van der Waals surface area (Å²) < 4.78 is 0. The molecule has 0 bridgehead atoms. The number of rotatable bonds is 5. The number of nitrogens with zero attached hydrogens (tertiary/aromatic N) is 1. The van der Waals surface area contributed by atoms with E-state index in [1.54, 1.807) is 0 Å². The molecule has 0 aliphatic carbocycles. The SMILES string of the molecule is CCc1cccc(C)c1NC(=O)CSc1nc2ccccc2cc1C. The first kappa shape index (κ1) is 17.5. The molecule has 3 aromatic rings. The number of hydrogen-bond acceptors (Lipinski definition) is 3. The maximum atomic E-state index is 12.4. The van der Waals surface area contributed by atoms with Crippen LogP contribution < -0.4 is 5.32 Å². The van der Waals surface area contributed by atoms with Gasteiger partial charge in [-0.25, -0.2) is 4.98 Å². The van der Waals surface area contributed by atoms with E-state index in [1.165, 1.54) is 17.3 Å². The highest BCUT2D eigenvalue weighted by Gasteiger charge is 2.11. The van der Waals surface area contributed by atoms with Gasteiger partial charge in [-0.3, -0.25) is 4.79 Å². The molecule has 0 fully saturated rings. The average molecular weight is 350 g/mol. The van der Waals surface area contributed by atoms with Gasteiger partial charge in [0, 0.05) is 11.1 Å². The highest BCUT2D eigenvalue weighted by atomic mass is 32.2. The minimum absolute atomic E-state index is 0.00311. The third-order valence-corrected chi connectivity index (χ3v) is 5.31. The summed E-state index contributed by atoms with van der Waals surface area (Å²) in [5.74, 6) is 0.354. The van der Waals surface area contributed by atoms with E-state index >= 15 is 0 Å². The topological polar surface area (TPSA) is 42.0 Å². The van der Waals surface area contributed by atoms with E-state index in [9.17, 15) is 4.79 Å². The number of para-hydroxylation sites is 2. The maximum Gasteiger partial charge on any atom is 0.234 e. The molecule has 1 heterocycles. The van der Waals surface area contributed by atoms with E-state index < -0.39 is 0 Å². The van der Waals surface area contributed by atoms with Crippen LogP contribution in [0.5, 0.6) is 0 Å². The van der Waals surface area contributed by atoms with Crippen LogP contribution in [0.25, 0.3) is 10.9 Å². The van der Waals surface area contributed by atoms with Crippen molar-refractivity contribution in [2.75, 3.05) is 11.1 Å². The first-order valence-corrected chi connectivity index (χ1v) is 9.44. The number of pyridine rings is 1. The van der Waals surface area contributed by atoms with Crippen molar-refractivity contribution >= 4 is 34.3 Å². The summed E-state index contributed by atoms with van der Waals surface area (Å²) in [6.45, 7) is 6.16. The Labute approximate surface area is 152 Å². The fraction of sp³-hybridized carbons (Fsp3) is 0.238. The van der Waals surface area contributed by atoms with Crippen molar-refractivity contribution in [2.24, 2.45) is 0 Å². The van der Waals surface area contributed by atoms with Crippen LogP contribution in [0, 0.1) is 13.8 Å². The van der Waals surface area contributed by atoms with Crippen LogP contribution in [0.15, 0.2) is 53.6 Å². The molecule has 3 rings (SSSR count). The Bertz CT molecular complexity index is 921. The zero-order chi connectivity index (χ0) is 17.8. The minimum Gasteiger partial charge on any atom is -0.325 e. The third kappa shape index (κ3) is 4.02. The van der Waals surface area contributed by atoms with E-state index in [2.05, 4.69) is 35.4 Å². The Morgan fingerprint density at radius 1 is 1.08 bits per heavy atom. The van der Waals surface area contributed by atoms with Gasteiger partial charge in [0.2, 0.25) is 5.91 Å². The quantitative estimate of drug-likeness (QED) is 0.648. The number of thioether (sulfide) groups is 1. The molecule has 0 spiro atoms. The number of carbonyl (C=O) groups is 1. The van der Waals surface area contributed by atoms with Gasteiger partial charge in [-0.1, -0.05) is 55.1 Å². The van der Waals surface area contributed by atoms with Crippen LogP contribution in [0.3, 0.4) is 0 Å². The van der Waals surface area contributed by atoms with Crippen molar-refractivity contribution in [2.45, 2.75) is 32.2 Å². The summed E-state index contributed by atoms with van der Waals surface area (Å²) in [6.07, 6.45) is 0.899. The molecule has 0 radical (unpaired) electrons. The van der Waals surface area contributed by atoms with Crippen molar-refractivity contribution in [3.05, 3.63) is 65.2 Å². The van der Waals surface area contributed by atoms with Gasteiger partial charge >= 0.3 is 0 Å². The van der Waals surface area contributed by atoms with Crippen LogP contribution >= 0.6 is 11.8 Å². The Hall–Kier alpha value is -2.33. The Kier molecular flexibility index (Phi) is 5.39. The number of amides is 1. The molecule has 3 nitrogen and oxygen atoms in total. The number of benzene rings is 2. The van der Waals surface area contributed by atoms with Crippen LogP contribution in [0.1, 0.15) is 23.6 Å². The molecule has 2 aromatic carbocycles. The zero-order valence-electron chi connectivity index (χ0n) is 14.8. The summed E-state index contributed by atoms with van der Waals surface area (Å²) in [6, 6.07) is 16.3. The van der Waals surface area contributed by atoms with Gasteiger partial charge in [-0.15, -0.1) is 0 Å². The van der Waals surface area contributed by atoms with E-state index in [4.69, 9.17) is 0 Å². The van der Waals surface area contributed by atoms with Gasteiger partial charge < -0.3 is 5.32 Å². The van der Waals surface area contributed by atoms with Crippen molar-refractivity contribution < 1.29 is 4.79 Å². The molecule has 4 heteroatoms. The Balaban J connectivity index is 1.72. The number of carbonyl (C=O) groups excluding carboxylic acids is 1. The van der Waals surface area contributed by atoms with Crippen LogP contribution in [0.2, 0.25) is 0 Å². The van der Waals surface area contributed by atoms with Gasteiger partial charge in [-0.2, -0.15) is 0 Å². The van der Waals surface area contributed by atoms with Crippen molar-refractivity contribution in [3.63, 3.8) is 0 Å². The molecule has 25 heavy (non-hydrogen) atoms. The molecule has 0 aliphatic heterocycles. The summed E-state index contributed by atoms with van der Waals surface area (Å²) in [5.41, 5.74) is 5.26. The largest absolute Gasteiger partial charge is 0.325 e. The van der Waals surface area contributed by atoms with Crippen LogP contribution in [-0.4, -0.2) is 16.6 Å². The number of anilines is 1. The number of hydrogen-bond donors (Lipinski definition) is 1. The second kappa shape index (κ2) is 7.70. The van der Waals surface area contributed by atoms with Crippen LogP contribution in [0.4, 0.5) is 5.69 Å². The molecular formula is C21H22N2OS. The molecule has 0 atom stereocenters. The number of aryl methyl sites for hydroxylation is 3. The number of nitrogens with one attached hydrogen (secondary N) is 1. The average Bonchev–Trinajstić information content (AvgIpc) is 2.61. The smallest absolute Gasteiger partial charge is 0.234 e. The first-order chi connectivity index (χ1) is 12.1. The lowest BCUT2D eigenvalue weighted by Gasteiger charge is -2.13. The van der Waals surface area contributed by atoms with E-state index in [0.29, 0.717) is 5.75 Å². The van der Waals surface area contributed by atoms with Gasteiger partial charge in [0.25, 0.3) is 0 Å². The van der Waals surface area contributed by atoms with E-state index in [1.807, 2.05) is 44.2 Å². The number of aromatic nitrogens is 1. The number of fused-ring (bicyclic) bond motifs is 1. The molecule has 0 aliphatic rings. The first-order valence-electron chi connectivity index (χ1n) is 8.46. The lowest BCUT2D eigenvalue weighted by molar-refractivity contribution is -0.113. The molecule has 0 saturated heterocycles. The lowest BCUT2D eigenvalue weighted by Crippen LogP contribution is -2.16. The molecule has 1 N–H and O–H groups in total. The lowest BCUT2D eigenvalue weighted by atomic mass is 10.1. The second-order valence-corrected chi connectivity index (χ2v) is 7.07. The van der Waals surface area contributed by atoms with Gasteiger partial charge in [0.1, 0.15) is 5.03 Å². The van der Waals surface area contributed by atoms with Gasteiger partial charge in [-0.05, 0) is 49.1 Å². The molecule has 128 valence electrons. The highest BCUT2D eigenvalue weighted by Crippen LogP contribution is 2.25. The van der Waals surface area contributed by atoms with Gasteiger partial charge in [0.05, 0.1) is 11.3 Å². The maximum absolute atomic E-state index is 12.4. The zero-order valence-corrected chi connectivity index (χ0v) is 15.6. The predicted molar refractivity (Wildman–Crippen MR) is 106 cm³/mol. The molecule has 0 unspecified atom stereocenters. The van der Waals surface area contributed by atoms with Crippen molar-refractivity contribution in [1.29, 1.82) is 0 Å². The van der Waals surface area contributed by atoms with E-state index in [-0.39, 0.29) is 5.91 Å². The normalized spacial score (nSPS) is 10.8. The highest BCUT2D eigenvalue weighted by molar-refractivity contribution is 8.00. The van der Waals surface area contributed by atoms with Crippen molar-refractivity contribution in [1.82, 2.24) is 4.98 Å². The molecule has 1 amide bonds. The fourth-order valence-corrected chi connectivity index (χ4v) is 3.65. The third-order valence-electron chi connectivity index (χ3n) is 4.21. The van der Waals surface area contributed by atoms with Crippen molar-refractivity contribution in [3.8, 4) is 0 Å². The van der Waals surface area contributed by atoms with Gasteiger partial charge in [0.15, 0.2) is 0 Å². The predicted octanol–water partition coefficient (Wildman–Crippen LogP) is 5.14. The van der Waals surface area contributed by atoms with E-state index in [0.717, 1.165) is 39.2 Å². The summed E-state index contributed by atoms with van der Waals surface area (Å²) in [4.78, 5) is 17.1. The van der Waals surface area contributed by atoms with Crippen LogP contribution in [-0.2, 0) is 11.2 Å². The standard InChI is InChI=1S/C21H22N2OS/c1-4-16-10-7-8-14(2)20(16)23-19(24)13-25-21-15(3)12-17-9-5-6-11-18(17)22-21/h5-12H,4,13H2,1-3H3,(H,23,24). The Morgan fingerprint density at radius 2 is 1.88 bits per heavy atom. The Morgan fingerprint density at radius 3 is 2.68 bits per heavy atom. The monoisotopic (exact) mass is 350 g/mol. The summed E-state index contributed by atoms with van der Waals surface area (Å²) in [7, 11) is 0. The minimum atomic E-state index is 0.00311. The summed E-state index contributed by atoms with van der Waals surface area (Å²) >= 11 is 1.49. The summed E-state index contributed by atoms with van der Waals surface area (Å²) in [5, 5.41) is 5.11.